The first-order chi connectivity index (χ1) is 15.5. The highest BCUT2D eigenvalue weighted by atomic mass is 16.5. The zero-order valence-electron chi connectivity index (χ0n) is 18.5. The molecule has 1 aliphatic rings. The van der Waals surface area contributed by atoms with Gasteiger partial charge in [-0.25, -0.2) is 4.79 Å². The molecule has 0 radical (unpaired) electrons. The maximum Gasteiger partial charge on any atom is 0.328 e. The number of aromatic amines is 1. The molecule has 32 heavy (non-hydrogen) atoms. The lowest BCUT2D eigenvalue weighted by atomic mass is 10.2. The summed E-state index contributed by atoms with van der Waals surface area (Å²) in [5.41, 5.74) is 7.14. The lowest BCUT2D eigenvalue weighted by Crippen LogP contribution is -2.48. The molecule has 0 bridgehead atoms. The molecule has 1 aromatic heterocycles. The number of hydrogen-bond donors (Lipinski definition) is 2. The highest BCUT2D eigenvalue weighted by molar-refractivity contribution is 5.84. The van der Waals surface area contributed by atoms with Gasteiger partial charge < -0.3 is 25.1 Å². The van der Waals surface area contributed by atoms with E-state index in [0.29, 0.717) is 42.0 Å². The van der Waals surface area contributed by atoms with Crippen molar-refractivity contribution in [2.24, 2.45) is 0 Å². The van der Waals surface area contributed by atoms with Crippen LogP contribution in [-0.4, -0.2) is 60.9 Å². The number of nitrogen functional groups attached to an aromatic ring is 1. The zero-order valence-corrected chi connectivity index (χ0v) is 18.5. The van der Waals surface area contributed by atoms with Gasteiger partial charge in [-0.05, 0) is 25.1 Å². The van der Waals surface area contributed by atoms with Crippen molar-refractivity contribution < 1.29 is 9.47 Å². The summed E-state index contributed by atoms with van der Waals surface area (Å²) in [6.45, 7) is 6.58. The Morgan fingerprint density at radius 1 is 1.03 bits per heavy atom. The van der Waals surface area contributed by atoms with E-state index in [0.717, 1.165) is 37.6 Å². The third-order valence-electron chi connectivity index (χ3n) is 5.85. The summed E-state index contributed by atoms with van der Waals surface area (Å²) >= 11 is 0. The van der Waals surface area contributed by atoms with Gasteiger partial charge in [-0.15, -0.1) is 0 Å². The van der Waals surface area contributed by atoms with Gasteiger partial charge in [0, 0.05) is 45.3 Å². The Kier molecular flexibility index (Phi) is 6.36. The van der Waals surface area contributed by atoms with Crippen LogP contribution in [0.2, 0.25) is 0 Å². The van der Waals surface area contributed by atoms with Crippen LogP contribution < -0.4 is 31.4 Å². The Bertz CT molecular complexity index is 1210. The first-order valence-corrected chi connectivity index (χ1v) is 10.8. The summed E-state index contributed by atoms with van der Waals surface area (Å²) in [4.78, 5) is 32.9. The number of rotatable bonds is 7. The van der Waals surface area contributed by atoms with Gasteiger partial charge in [-0.3, -0.25) is 14.3 Å². The van der Waals surface area contributed by atoms with Crippen molar-refractivity contribution in [3.8, 4) is 11.5 Å². The zero-order chi connectivity index (χ0) is 22.7. The molecule has 9 nitrogen and oxygen atoms in total. The quantitative estimate of drug-likeness (QED) is 0.538. The Morgan fingerprint density at radius 3 is 2.50 bits per heavy atom. The molecule has 1 aliphatic heterocycles. The standard InChI is InChI=1S/C23H29N5O4/c1-3-32-21-15-18-16(14-17(21)24)22(29)28(23(30)25-18)13-10-26-8-11-27(12-9-26)19-6-4-5-7-20(19)31-2/h4-7,14-15H,3,8-13,24H2,1-2H3,(H,25,30). The third kappa shape index (κ3) is 4.29. The van der Waals surface area contributed by atoms with Crippen molar-refractivity contribution in [3.63, 3.8) is 0 Å². The predicted molar refractivity (Wildman–Crippen MR) is 126 cm³/mol. The Morgan fingerprint density at radius 2 is 1.78 bits per heavy atom. The average Bonchev–Trinajstić information content (AvgIpc) is 2.81. The fraction of sp³-hybridized carbons (Fsp3) is 0.391. The largest absolute Gasteiger partial charge is 0.495 e. The summed E-state index contributed by atoms with van der Waals surface area (Å²) in [6.07, 6.45) is 0. The number of aromatic nitrogens is 2. The molecular weight excluding hydrogens is 410 g/mol. The molecular formula is C23H29N5O4. The number of methoxy groups -OCH3 is 1. The highest BCUT2D eigenvalue weighted by Gasteiger charge is 2.20. The lowest BCUT2D eigenvalue weighted by Gasteiger charge is -2.36. The molecule has 1 saturated heterocycles. The summed E-state index contributed by atoms with van der Waals surface area (Å²) < 4.78 is 12.2. The second-order valence-electron chi connectivity index (χ2n) is 7.76. The molecule has 2 aromatic carbocycles. The van der Waals surface area contributed by atoms with Crippen LogP contribution in [0.3, 0.4) is 0 Å². The molecule has 3 N–H and O–H groups in total. The number of ether oxygens (including phenoxy) is 2. The van der Waals surface area contributed by atoms with Crippen molar-refractivity contribution in [1.82, 2.24) is 14.5 Å². The molecule has 3 aromatic rings. The SMILES string of the molecule is CCOc1cc2[nH]c(=O)n(CCN3CCN(c4ccccc4OC)CC3)c(=O)c2cc1N. The number of para-hydroxylation sites is 2. The van der Waals surface area contributed by atoms with Gasteiger partial charge in [0.15, 0.2) is 0 Å². The van der Waals surface area contributed by atoms with Gasteiger partial charge in [0.05, 0.1) is 36.0 Å². The molecule has 4 rings (SSSR count). The van der Waals surface area contributed by atoms with Crippen LogP contribution in [-0.2, 0) is 6.54 Å². The second-order valence-corrected chi connectivity index (χ2v) is 7.76. The van der Waals surface area contributed by atoms with Crippen LogP contribution in [0.15, 0.2) is 46.0 Å². The minimum Gasteiger partial charge on any atom is -0.495 e. The smallest absolute Gasteiger partial charge is 0.328 e. The summed E-state index contributed by atoms with van der Waals surface area (Å²) in [5, 5.41) is 0.381. The predicted octanol–water partition coefficient (Wildman–Crippen LogP) is 1.50. The topological polar surface area (TPSA) is 106 Å². The number of anilines is 2. The highest BCUT2D eigenvalue weighted by Crippen LogP contribution is 2.28. The molecule has 0 amide bonds. The number of benzene rings is 2. The third-order valence-corrected chi connectivity index (χ3v) is 5.85. The maximum atomic E-state index is 13.0. The molecule has 170 valence electrons. The van der Waals surface area contributed by atoms with Crippen molar-refractivity contribution in [2.75, 3.05) is 57.1 Å². The van der Waals surface area contributed by atoms with E-state index in [9.17, 15) is 9.59 Å². The van der Waals surface area contributed by atoms with E-state index in [4.69, 9.17) is 15.2 Å². The molecule has 9 heteroatoms. The molecule has 0 aliphatic carbocycles. The van der Waals surface area contributed by atoms with E-state index >= 15 is 0 Å². The van der Waals surface area contributed by atoms with Crippen LogP contribution in [0.4, 0.5) is 11.4 Å². The number of H-pyrrole nitrogens is 1. The van der Waals surface area contributed by atoms with Crippen LogP contribution >= 0.6 is 0 Å². The van der Waals surface area contributed by atoms with E-state index in [1.165, 1.54) is 4.57 Å². The molecule has 0 saturated carbocycles. The van der Waals surface area contributed by atoms with Crippen LogP contribution in [0.1, 0.15) is 6.92 Å². The average molecular weight is 440 g/mol. The van der Waals surface area contributed by atoms with Crippen molar-refractivity contribution in [2.45, 2.75) is 13.5 Å². The number of nitrogens with zero attached hydrogens (tertiary/aromatic N) is 3. The first-order valence-electron chi connectivity index (χ1n) is 10.8. The van der Waals surface area contributed by atoms with Gasteiger partial charge in [0.2, 0.25) is 0 Å². The van der Waals surface area contributed by atoms with Gasteiger partial charge in [0.25, 0.3) is 5.56 Å². The molecule has 1 fully saturated rings. The van der Waals surface area contributed by atoms with Crippen LogP contribution in [0.5, 0.6) is 11.5 Å². The van der Waals surface area contributed by atoms with Crippen molar-refractivity contribution in [1.29, 1.82) is 0 Å². The van der Waals surface area contributed by atoms with Crippen LogP contribution in [0.25, 0.3) is 10.9 Å². The van der Waals surface area contributed by atoms with E-state index < -0.39 is 5.69 Å². The van der Waals surface area contributed by atoms with E-state index in [2.05, 4.69) is 20.9 Å². The van der Waals surface area contributed by atoms with Crippen molar-refractivity contribution in [3.05, 3.63) is 57.2 Å². The number of nitrogens with one attached hydrogen (secondary N) is 1. The summed E-state index contributed by atoms with van der Waals surface area (Å²) in [7, 11) is 1.68. The number of nitrogens with two attached hydrogens (primary N) is 1. The minimum atomic E-state index is -0.428. The second kappa shape index (κ2) is 9.35. The lowest BCUT2D eigenvalue weighted by molar-refractivity contribution is 0.245. The van der Waals surface area contributed by atoms with Gasteiger partial charge in [-0.1, -0.05) is 12.1 Å². The number of fused-ring (bicyclic) bond motifs is 1. The fourth-order valence-electron chi connectivity index (χ4n) is 4.13. The maximum absolute atomic E-state index is 13.0. The van der Waals surface area contributed by atoms with Crippen molar-refractivity contribution >= 4 is 22.3 Å². The van der Waals surface area contributed by atoms with Gasteiger partial charge in [-0.2, -0.15) is 0 Å². The van der Waals surface area contributed by atoms with Crippen LogP contribution in [0, 0.1) is 0 Å². The Labute approximate surface area is 186 Å². The summed E-state index contributed by atoms with van der Waals surface area (Å²) in [5.74, 6) is 1.32. The van der Waals surface area contributed by atoms with E-state index in [-0.39, 0.29) is 5.56 Å². The molecule has 2 heterocycles. The van der Waals surface area contributed by atoms with Gasteiger partial charge in [0.1, 0.15) is 11.5 Å². The Balaban J connectivity index is 1.45. The molecule has 0 unspecified atom stereocenters. The first kappa shape index (κ1) is 21.8. The van der Waals surface area contributed by atoms with E-state index in [1.807, 2.05) is 25.1 Å². The summed E-state index contributed by atoms with van der Waals surface area (Å²) in [6, 6.07) is 11.2. The minimum absolute atomic E-state index is 0.311. The monoisotopic (exact) mass is 439 g/mol. The Hall–Kier alpha value is -3.46. The van der Waals surface area contributed by atoms with Gasteiger partial charge >= 0.3 is 5.69 Å². The molecule has 0 atom stereocenters. The number of hydrogen-bond acceptors (Lipinski definition) is 7. The number of piperazine rings is 1. The van der Waals surface area contributed by atoms with E-state index in [1.54, 1.807) is 19.2 Å². The molecule has 0 spiro atoms. The normalized spacial score (nSPS) is 14.6. The fourth-order valence-corrected chi connectivity index (χ4v) is 4.13.